The van der Waals surface area contributed by atoms with Crippen molar-refractivity contribution in [2.24, 2.45) is 0 Å². The topological polar surface area (TPSA) is 125 Å². The number of esters is 2. The van der Waals surface area contributed by atoms with Gasteiger partial charge in [-0.05, 0) is 31.3 Å². The lowest BCUT2D eigenvalue weighted by atomic mass is 9.99. The number of aromatic nitrogens is 1. The smallest absolute Gasteiger partial charge is 0.491 e. The minimum atomic E-state index is -5.40. The first-order valence-corrected chi connectivity index (χ1v) is 12.5. The van der Waals surface area contributed by atoms with E-state index in [4.69, 9.17) is 14.2 Å². The molecule has 0 aliphatic carbocycles. The third-order valence-corrected chi connectivity index (χ3v) is 6.56. The largest absolute Gasteiger partial charge is 0.493 e. The maximum absolute atomic E-state index is 13.6. The van der Waals surface area contributed by atoms with Crippen LogP contribution in [0.5, 0.6) is 17.2 Å². The van der Waals surface area contributed by atoms with Crippen LogP contribution in [-0.2, 0) is 14.3 Å². The molecule has 222 valence electrons. The van der Waals surface area contributed by atoms with Crippen LogP contribution in [0.1, 0.15) is 26.4 Å². The van der Waals surface area contributed by atoms with Crippen molar-refractivity contribution in [2.45, 2.75) is 6.18 Å². The van der Waals surface area contributed by atoms with Gasteiger partial charge in [0.05, 0.1) is 19.8 Å². The van der Waals surface area contributed by atoms with Gasteiger partial charge in [-0.15, -0.1) is 0 Å². The van der Waals surface area contributed by atoms with Gasteiger partial charge in [0, 0.05) is 48.7 Å². The van der Waals surface area contributed by atoms with E-state index in [9.17, 15) is 32.3 Å². The van der Waals surface area contributed by atoms with Crippen LogP contribution in [0.2, 0.25) is 0 Å². The Bertz CT molecular complexity index is 1530. The number of methoxy groups -OCH3 is 2. The van der Waals surface area contributed by atoms with Gasteiger partial charge in [-0.1, -0.05) is 12.1 Å². The van der Waals surface area contributed by atoms with Crippen molar-refractivity contribution in [2.75, 3.05) is 54.1 Å². The second-order valence-electron chi connectivity index (χ2n) is 9.28. The first kappa shape index (κ1) is 30.2. The number of fused-ring (bicyclic) bond motifs is 1. The molecule has 1 aliphatic rings. The predicted molar refractivity (Wildman–Crippen MR) is 141 cm³/mol. The quantitative estimate of drug-likeness (QED) is 0.220. The molecule has 1 aromatic heterocycles. The van der Waals surface area contributed by atoms with Gasteiger partial charge in [0.2, 0.25) is 5.78 Å². The second kappa shape index (κ2) is 12.4. The van der Waals surface area contributed by atoms with E-state index in [2.05, 4.69) is 14.6 Å². The van der Waals surface area contributed by atoms with Crippen LogP contribution in [0.25, 0.3) is 10.8 Å². The molecule has 1 fully saturated rings. The number of piperazine rings is 1. The van der Waals surface area contributed by atoms with E-state index >= 15 is 0 Å². The Morgan fingerprint density at radius 1 is 0.929 bits per heavy atom. The monoisotopic (exact) mass is 589 g/mol. The average Bonchev–Trinajstić information content (AvgIpc) is 2.98. The summed E-state index contributed by atoms with van der Waals surface area (Å²) in [5.74, 6) is -4.68. The van der Waals surface area contributed by atoms with Gasteiger partial charge in [0.15, 0.2) is 18.1 Å². The Balaban J connectivity index is 1.65. The first-order valence-electron chi connectivity index (χ1n) is 12.5. The molecule has 14 heteroatoms. The number of carbonyl (C=O) groups excluding carboxylic acids is 4. The average molecular weight is 590 g/mol. The summed E-state index contributed by atoms with van der Waals surface area (Å²) < 4.78 is 58.2. The predicted octanol–water partition coefficient (Wildman–Crippen LogP) is 2.88. The number of likely N-dealkylation sites (N-methyl/N-ethyl adjacent to an activating group) is 1. The number of rotatable bonds is 8. The lowest BCUT2D eigenvalue weighted by molar-refractivity contribution is -0.193. The minimum Gasteiger partial charge on any atom is -0.493 e. The van der Waals surface area contributed by atoms with Gasteiger partial charge in [0.1, 0.15) is 11.4 Å². The number of halogens is 3. The highest BCUT2D eigenvalue weighted by atomic mass is 19.4. The normalized spacial score (nSPS) is 13.9. The highest BCUT2D eigenvalue weighted by Crippen LogP contribution is 2.36. The minimum absolute atomic E-state index is 0.0168. The van der Waals surface area contributed by atoms with E-state index in [1.54, 1.807) is 17.0 Å². The van der Waals surface area contributed by atoms with Crippen LogP contribution in [0.3, 0.4) is 0 Å². The highest BCUT2D eigenvalue weighted by Gasteiger charge is 2.43. The van der Waals surface area contributed by atoms with E-state index in [0.29, 0.717) is 13.1 Å². The van der Waals surface area contributed by atoms with E-state index in [1.165, 1.54) is 38.5 Å². The summed E-state index contributed by atoms with van der Waals surface area (Å²) in [5.41, 5.74) is -0.583. The third-order valence-electron chi connectivity index (χ3n) is 6.56. The molecule has 1 saturated heterocycles. The Labute approximate surface area is 237 Å². The molecule has 11 nitrogen and oxygen atoms in total. The van der Waals surface area contributed by atoms with E-state index in [0.717, 1.165) is 19.3 Å². The molecule has 42 heavy (non-hydrogen) atoms. The van der Waals surface area contributed by atoms with Crippen molar-refractivity contribution in [3.8, 4) is 17.2 Å². The summed E-state index contributed by atoms with van der Waals surface area (Å²) >= 11 is 0. The maximum Gasteiger partial charge on any atom is 0.491 e. The van der Waals surface area contributed by atoms with Gasteiger partial charge in [-0.25, -0.2) is 9.59 Å². The number of carbonyl (C=O) groups is 4. The van der Waals surface area contributed by atoms with Crippen molar-refractivity contribution >= 4 is 34.4 Å². The van der Waals surface area contributed by atoms with Crippen LogP contribution in [0, 0.1) is 0 Å². The van der Waals surface area contributed by atoms with Crippen molar-refractivity contribution in [3.63, 3.8) is 0 Å². The number of ketones is 1. The number of hydrogen-bond acceptors (Lipinski definition) is 10. The number of ether oxygens (including phenoxy) is 4. The zero-order valence-corrected chi connectivity index (χ0v) is 22.8. The Hall–Kier alpha value is -4.72. The molecule has 2 aromatic carbocycles. The van der Waals surface area contributed by atoms with E-state index < -0.39 is 29.5 Å². The van der Waals surface area contributed by atoms with Gasteiger partial charge in [-0.3, -0.25) is 14.6 Å². The Kier molecular flexibility index (Phi) is 8.95. The molecule has 0 N–H and O–H groups in total. The number of nitrogens with zero attached hydrogens (tertiary/aromatic N) is 3. The van der Waals surface area contributed by atoms with Crippen LogP contribution in [-0.4, -0.2) is 98.6 Å². The standard InChI is InChI=1S/C28H26F3N3O8/c1-33-7-9-34(10-8-33)23(35)15-41-17-6-4-5-16(11-17)25(36)24-19-13-22(40-3)21(39-2)12-18(19)20(14-32-24)26(37)42-27(38)28(29,30)31/h4-6,11-14H,7-10,15H2,1-3H3. The van der Waals surface area contributed by atoms with Crippen molar-refractivity contribution in [1.29, 1.82) is 0 Å². The molecule has 0 unspecified atom stereocenters. The summed E-state index contributed by atoms with van der Waals surface area (Å²) in [6.07, 6.45) is -4.57. The number of amides is 1. The van der Waals surface area contributed by atoms with Crippen molar-refractivity contribution in [3.05, 3.63) is 59.4 Å². The van der Waals surface area contributed by atoms with Gasteiger partial charge in [0.25, 0.3) is 5.91 Å². The SMILES string of the molecule is COc1cc2c(C(=O)OC(=O)C(F)(F)F)cnc(C(=O)c3cccc(OCC(=O)N4CCN(C)CC4)c3)c2cc1OC. The van der Waals surface area contributed by atoms with Crippen LogP contribution in [0.4, 0.5) is 13.2 Å². The second-order valence-corrected chi connectivity index (χ2v) is 9.28. The van der Waals surface area contributed by atoms with E-state index in [-0.39, 0.29) is 51.8 Å². The van der Waals surface area contributed by atoms with Crippen molar-refractivity contribution in [1.82, 2.24) is 14.8 Å². The number of alkyl halides is 3. The maximum atomic E-state index is 13.6. The number of benzene rings is 2. The summed E-state index contributed by atoms with van der Waals surface area (Å²) in [6, 6.07) is 8.60. The fourth-order valence-electron chi connectivity index (χ4n) is 4.26. The van der Waals surface area contributed by atoms with Crippen LogP contribution >= 0.6 is 0 Å². The lowest BCUT2D eigenvalue weighted by Gasteiger charge is -2.32. The molecular weight excluding hydrogens is 563 g/mol. The molecule has 3 aromatic rings. The number of pyridine rings is 1. The summed E-state index contributed by atoms with van der Waals surface area (Å²) in [5, 5.41) is -0.0562. The molecule has 1 aliphatic heterocycles. The molecule has 0 spiro atoms. The summed E-state index contributed by atoms with van der Waals surface area (Å²) in [6.45, 7) is 2.44. The fraction of sp³-hybridized carbons (Fsp3) is 0.321. The number of hydrogen-bond donors (Lipinski definition) is 0. The molecule has 0 atom stereocenters. The van der Waals surface area contributed by atoms with Crippen LogP contribution < -0.4 is 14.2 Å². The molecule has 2 heterocycles. The third kappa shape index (κ3) is 6.60. The Morgan fingerprint density at radius 3 is 2.19 bits per heavy atom. The molecular formula is C28H26F3N3O8. The molecule has 1 amide bonds. The first-order chi connectivity index (χ1) is 19.9. The molecule has 0 saturated carbocycles. The fourth-order valence-corrected chi connectivity index (χ4v) is 4.26. The highest BCUT2D eigenvalue weighted by molar-refractivity contribution is 6.18. The Morgan fingerprint density at radius 2 is 1.57 bits per heavy atom. The molecule has 0 bridgehead atoms. The summed E-state index contributed by atoms with van der Waals surface area (Å²) in [7, 11) is 4.59. The van der Waals surface area contributed by atoms with Crippen molar-refractivity contribution < 1.29 is 51.3 Å². The lowest BCUT2D eigenvalue weighted by Crippen LogP contribution is -2.48. The zero-order valence-electron chi connectivity index (χ0n) is 22.8. The van der Waals surface area contributed by atoms with Gasteiger partial charge in [-0.2, -0.15) is 13.2 Å². The molecule has 4 rings (SSSR count). The van der Waals surface area contributed by atoms with Gasteiger partial charge < -0.3 is 28.7 Å². The summed E-state index contributed by atoms with van der Waals surface area (Å²) in [4.78, 5) is 57.8. The van der Waals surface area contributed by atoms with Gasteiger partial charge >= 0.3 is 18.1 Å². The van der Waals surface area contributed by atoms with Crippen LogP contribution in [0.15, 0.2) is 42.6 Å². The van der Waals surface area contributed by atoms with E-state index in [1.807, 2.05) is 7.05 Å². The molecule has 0 radical (unpaired) electrons. The zero-order chi connectivity index (χ0) is 30.6.